The van der Waals surface area contributed by atoms with Crippen molar-refractivity contribution in [1.29, 1.82) is 5.26 Å². The van der Waals surface area contributed by atoms with Gasteiger partial charge in [0.15, 0.2) is 0 Å². The van der Waals surface area contributed by atoms with Crippen molar-refractivity contribution in [2.45, 2.75) is 13.0 Å². The highest BCUT2D eigenvalue weighted by molar-refractivity contribution is 5.42. The highest BCUT2D eigenvalue weighted by atomic mass is 16.3. The molecule has 1 atom stereocenters. The van der Waals surface area contributed by atoms with E-state index in [0.29, 0.717) is 5.56 Å². The molecule has 0 radical (unpaired) electrons. The number of aliphatic hydroxyl groups excluding tert-OH is 1. The van der Waals surface area contributed by atoms with Gasteiger partial charge in [-0.25, -0.2) is 4.98 Å². The lowest BCUT2D eigenvalue weighted by atomic mass is 10.2. The number of nitrogens with zero attached hydrogens (tertiary/aromatic N) is 4. The summed E-state index contributed by atoms with van der Waals surface area (Å²) in [6.45, 7) is 6.24. The van der Waals surface area contributed by atoms with E-state index in [1.807, 2.05) is 13.0 Å². The Morgan fingerprint density at radius 1 is 1.39 bits per heavy atom. The zero-order valence-corrected chi connectivity index (χ0v) is 10.6. The standard InChI is InChI=1S/C13H18N4O/c1-11(18)10-16-4-6-17(7-5-16)13-3-2-12(8-14)9-15-13/h2-3,9,11,18H,4-7,10H2,1H3. The molecule has 0 saturated carbocycles. The molecule has 1 fully saturated rings. The molecular weight excluding hydrogens is 228 g/mol. The van der Waals surface area contributed by atoms with Crippen molar-refractivity contribution in [2.24, 2.45) is 0 Å². The number of piperazine rings is 1. The summed E-state index contributed by atoms with van der Waals surface area (Å²) >= 11 is 0. The van der Waals surface area contributed by atoms with Gasteiger partial charge in [0, 0.05) is 38.9 Å². The molecular formula is C13H18N4O. The second-order valence-electron chi connectivity index (χ2n) is 4.65. The number of hydrogen-bond acceptors (Lipinski definition) is 5. The van der Waals surface area contributed by atoms with E-state index in [0.717, 1.165) is 38.5 Å². The Labute approximate surface area is 107 Å². The summed E-state index contributed by atoms with van der Waals surface area (Å²) < 4.78 is 0. The zero-order chi connectivity index (χ0) is 13.0. The number of aliphatic hydroxyl groups is 1. The molecule has 1 unspecified atom stereocenters. The lowest BCUT2D eigenvalue weighted by molar-refractivity contribution is 0.122. The fourth-order valence-corrected chi connectivity index (χ4v) is 2.17. The Morgan fingerprint density at radius 3 is 2.61 bits per heavy atom. The summed E-state index contributed by atoms with van der Waals surface area (Å²) in [7, 11) is 0. The van der Waals surface area contributed by atoms with Crippen molar-refractivity contribution in [1.82, 2.24) is 9.88 Å². The molecule has 0 amide bonds. The maximum Gasteiger partial charge on any atom is 0.128 e. The Bertz CT molecular complexity index is 416. The van der Waals surface area contributed by atoms with Crippen LogP contribution in [0.4, 0.5) is 5.82 Å². The van der Waals surface area contributed by atoms with Crippen LogP contribution in [0.25, 0.3) is 0 Å². The van der Waals surface area contributed by atoms with E-state index in [2.05, 4.69) is 20.9 Å². The van der Waals surface area contributed by atoms with Crippen LogP contribution in [0.1, 0.15) is 12.5 Å². The van der Waals surface area contributed by atoms with Gasteiger partial charge in [-0.05, 0) is 19.1 Å². The number of anilines is 1. The minimum absolute atomic E-state index is 0.274. The molecule has 96 valence electrons. The third-order valence-corrected chi connectivity index (χ3v) is 3.10. The number of aromatic nitrogens is 1. The van der Waals surface area contributed by atoms with E-state index in [1.54, 1.807) is 12.3 Å². The zero-order valence-electron chi connectivity index (χ0n) is 10.6. The summed E-state index contributed by atoms with van der Waals surface area (Å²) in [6.07, 6.45) is 1.34. The fraction of sp³-hybridized carbons (Fsp3) is 0.538. The average molecular weight is 246 g/mol. The first kappa shape index (κ1) is 12.8. The lowest BCUT2D eigenvalue weighted by Crippen LogP contribution is -2.48. The molecule has 1 aliphatic heterocycles. The van der Waals surface area contributed by atoms with Gasteiger partial charge < -0.3 is 10.0 Å². The van der Waals surface area contributed by atoms with Gasteiger partial charge in [-0.15, -0.1) is 0 Å². The molecule has 1 aliphatic rings. The molecule has 0 aliphatic carbocycles. The smallest absolute Gasteiger partial charge is 0.128 e. The second kappa shape index (κ2) is 5.80. The number of nitriles is 1. The number of β-amino-alcohol motifs (C(OH)–C–C–N with tert-alkyl or cyclic N) is 1. The molecule has 5 nitrogen and oxygen atoms in total. The lowest BCUT2D eigenvalue weighted by Gasteiger charge is -2.35. The molecule has 1 aromatic rings. The van der Waals surface area contributed by atoms with E-state index >= 15 is 0 Å². The predicted molar refractivity (Wildman–Crippen MR) is 69.3 cm³/mol. The van der Waals surface area contributed by atoms with Crippen LogP contribution in [0.3, 0.4) is 0 Å². The first-order chi connectivity index (χ1) is 8.69. The monoisotopic (exact) mass is 246 g/mol. The maximum atomic E-state index is 9.35. The van der Waals surface area contributed by atoms with E-state index in [-0.39, 0.29) is 6.10 Å². The summed E-state index contributed by atoms with van der Waals surface area (Å²) in [5.74, 6) is 0.922. The predicted octanol–water partition coefficient (Wildman–Crippen LogP) is 0.456. The Balaban J connectivity index is 1.91. The molecule has 0 bridgehead atoms. The summed E-state index contributed by atoms with van der Waals surface area (Å²) in [5.41, 5.74) is 0.589. The second-order valence-corrected chi connectivity index (χ2v) is 4.65. The van der Waals surface area contributed by atoms with Crippen LogP contribution in [-0.4, -0.2) is 53.8 Å². The number of rotatable bonds is 3. The molecule has 18 heavy (non-hydrogen) atoms. The van der Waals surface area contributed by atoms with Crippen LogP contribution in [0.15, 0.2) is 18.3 Å². The summed E-state index contributed by atoms with van der Waals surface area (Å²) in [5, 5.41) is 18.1. The van der Waals surface area contributed by atoms with Crippen molar-refractivity contribution < 1.29 is 5.11 Å². The van der Waals surface area contributed by atoms with Gasteiger partial charge >= 0.3 is 0 Å². The van der Waals surface area contributed by atoms with Crippen molar-refractivity contribution in [2.75, 3.05) is 37.6 Å². The van der Waals surface area contributed by atoms with E-state index in [1.165, 1.54) is 0 Å². The molecule has 0 spiro atoms. The molecule has 1 saturated heterocycles. The maximum absolute atomic E-state index is 9.35. The normalized spacial score (nSPS) is 18.4. The van der Waals surface area contributed by atoms with E-state index < -0.39 is 0 Å². The first-order valence-corrected chi connectivity index (χ1v) is 6.20. The Morgan fingerprint density at radius 2 is 2.11 bits per heavy atom. The molecule has 5 heteroatoms. The average Bonchev–Trinajstić information content (AvgIpc) is 2.39. The van der Waals surface area contributed by atoms with Crippen LogP contribution in [0.5, 0.6) is 0 Å². The third kappa shape index (κ3) is 3.19. The minimum Gasteiger partial charge on any atom is -0.392 e. The van der Waals surface area contributed by atoms with Gasteiger partial charge in [-0.3, -0.25) is 4.90 Å². The largest absolute Gasteiger partial charge is 0.392 e. The molecule has 2 heterocycles. The SMILES string of the molecule is CC(O)CN1CCN(c2ccc(C#N)cn2)CC1. The molecule has 2 rings (SSSR count). The van der Waals surface area contributed by atoms with E-state index in [4.69, 9.17) is 5.26 Å². The van der Waals surface area contributed by atoms with Crippen molar-refractivity contribution in [3.05, 3.63) is 23.9 Å². The molecule has 0 aromatic carbocycles. The summed E-state index contributed by atoms with van der Waals surface area (Å²) in [6, 6.07) is 5.76. The minimum atomic E-state index is -0.274. The first-order valence-electron chi connectivity index (χ1n) is 6.20. The van der Waals surface area contributed by atoms with Crippen molar-refractivity contribution in [3.63, 3.8) is 0 Å². The Kier molecular flexibility index (Phi) is 4.13. The van der Waals surface area contributed by atoms with Crippen molar-refractivity contribution in [3.8, 4) is 6.07 Å². The summed E-state index contributed by atoms with van der Waals surface area (Å²) in [4.78, 5) is 8.76. The number of hydrogen-bond donors (Lipinski definition) is 1. The highest BCUT2D eigenvalue weighted by Gasteiger charge is 2.18. The van der Waals surface area contributed by atoms with Gasteiger partial charge in [0.1, 0.15) is 11.9 Å². The topological polar surface area (TPSA) is 63.4 Å². The highest BCUT2D eigenvalue weighted by Crippen LogP contribution is 2.13. The van der Waals surface area contributed by atoms with Crippen LogP contribution in [0, 0.1) is 11.3 Å². The third-order valence-electron chi connectivity index (χ3n) is 3.10. The van der Waals surface area contributed by atoms with Crippen LogP contribution in [-0.2, 0) is 0 Å². The number of pyridine rings is 1. The molecule has 1 N–H and O–H groups in total. The van der Waals surface area contributed by atoms with Gasteiger partial charge in [0.05, 0.1) is 11.7 Å². The van der Waals surface area contributed by atoms with Crippen LogP contribution >= 0.6 is 0 Å². The van der Waals surface area contributed by atoms with E-state index in [9.17, 15) is 5.11 Å². The fourth-order valence-electron chi connectivity index (χ4n) is 2.17. The van der Waals surface area contributed by atoms with Crippen LogP contribution < -0.4 is 4.90 Å². The van der Waals surface area contributed by atoms with Gasteiger partial charge in [0.2, 0.25) is 0 Å². The Hall–Kier alpha value is -1.64. The van der Waals surface area contributed by atoms with Gasteiger partial charge in [0.25, 0.3) is 0 Å². The molecule has 1 aromatic heterocycles. The quantitative estimate of drug-likeness (QED) is 0.839. The van der Waals surface area contributed by atoms with Gasteiger partial charge in [-0.2, -0.15) is 5.26 Å². The van der Waals surface area contributed by atoms with Crippen molar-refractivity contribution >= 4 is 5.82 Å². The van der Waals surface area contributed by atoms with Crippen LogP contribution in [0.2, 0.25) is 0 Å². The van der Waals surface area contributed by atoms with Gasteiger partial charge in [-0.1, -0.05) is 0 Å².